The first-order valence-electron chi connectivity index (χ1n) is 13.5. The van der Waals surface area contributed by atoms with Gasteiger partial charge in [0.05, 0.1) is 33.1 Å². The van der Waals surface area contributed by atoms with Crippen LogP contribution in [0.1, 0.15) is 17.0 Å². The van der Waals surface area contributed by atoms with E-state index in [2.05, 4.69) is 4.98 Å². The van der Waals surface area contributed by atoms with E-state index in [1.54, 1.807) is 65.8 Å². The topological polar surface area (TPSA) is 77.3 Å². The van der Waals surface area contributed by atoms with Crippen LogP contribution in [0.4, 0.5) is 13.2 Å². The van der Waals surface area contributed by atoms with E-state index in [-0.39, 0.29) is 43.1 Å². The molecular weight excluding hydrogens is 616 g/mol. The molecule has 0 radical (unpaired) electrons. The average Bonchev–Trinajstić information content (AvgIpc) is 3.00. The van der Waals surface area contributed by atoms with Gasteiger partial charge in [0, 0.05) is 31.9 Å². The van der Waals surface area contributed by atoms with Crippen molar-refractivity contribution in [2.75, 3.05) is 13.2 Å². The molecule has 5 rings (SSSR count). The van der Waals surface area contributed by atoms with Gasteiger partial charge in [-0.05, 0) is 65.7 Å². The number of rotatable bonds is 10. The third kappa shape index (κ3) is 7.75. The number of carbonyl (C=O) groups is 1. The molecule has 12 heteroatoms. The number of ether oxygens (including phenoxy) is 1. The van der Waals surface area contributed by atoms with Crippen LogP contribution >= 0.6 is 23.2 Å². The Hall–Kier alpha value is -4.41. The third-order valence-electron chi connectivity index (χ3n) is 6.74. The Morgan fingerprint density at radius 3 is 2.41 bits per heavy atom. The minimum Gasteiger partial charge on any atom is -0.484 e. The van der Waals surface area contributed by atoms with Crippen LogP contribution in [0.25, 0.3) is 16.6 Å². The number of para-hydroxylation sites is 1. The average molecular weight is 641 g/mol. The van der Waals surface area contributed by atoms with Gasteiger partial charge in [0.2, 0.25) is 5.91 Å². The number of amides is 1. The Morgan fingerprint density at radius 2 is 1.70 bits per heavy atom. The minimum absolute atomic E-state index is 0.00460. The van der Waals surface area contributed by atoms with Gasteiger partial charge in [-0.1, -0.05) is 47.5 Å². The van der Waals surface area contributed by atoms with E-state index in [1.165, 1.54) is 28.8 Å². The molecule has 0 aliphatic heterocycles. The molecule has 0 saturated heterocycles. The van der Waals surface area contributed by atoms with Crippen molar-refractivity contribution in [1.82, 2.24) is 19.4 Å². The molecule has 0 spiro atoms. The summed E-state index contributed by atoms with van der Waals surface area (Å²) in [7, 11) is 0. The van der Waals surface area contributed by atoms with Crippen molar-refractivity contribution in [2.45, 2.75) is 25.6 Å². The monoisotopic (exact) mass is 640 g/mol. The Morgan fingerprint density at radius 1 is 0.932 bits per heavy atom. The van der Waals surface area contributed by atoms with Crippen molar-refractivity contribution in [3.8, 4) is 11.4 Å². The molecule has 0 N–H and O–H groups in total. The van der Waals surface area contributed by atoms with Gasteiger partial charge in [-0.3, -0.25) is 19.1 Å². The highest BCUT2D eigenvalue weighted by Crippen LogP contribution is 2.24. The lowest BCUT2D eigenvalue weighted by Crippen LogP contribution is -2.35. The molecule has 0 unspecified atom stereocenters. The van der Waals surface area contributed by atoms with E-state index in [0.29, 0.717) is 38.0 Å². The summed E-state index contributed by atoms with van der Waals surface area (Å²) in [5.41, 5.74) is 2.02. The summed E-state index contributed by atoms with van der Waals surface area (Å²) in [6.45, 7) is -0.970. The summed E-state index contributed by atoms with van der Waals surface area (Å²) in [6, 6.07) is 21.2. The molecule has 7 nitrogen and oxygen atoms in total. The van der Waals surface area contributed by atoms with E-state index in [4.69, 9.17) is 32.9 Å². The highest BCUT2D eigenvalue weighted by molar-refractivity contribution is 6.42. The number of pyridine rings is 1. The highest BCUT2D eigenvalue weighted by atomic mass is 35.5. The number of benzene rings is 3. The number of aromatic nitrogens is 3. The van der Waals surface area contributed by atoms with E-state index < -0.39 is 12.8 Å². The molecule has 1 amide bonds. The van der Waals surface area contributed by atoms with Crippen LogP contribution in [0.5, 0.6) is 5.75 Å². The normalized spacial score (nSPS) is 11.5. The predicted octanol–water partition coefficient (Wildman–Crippen LogP) is 6.84. The number of hydrogen-bond acceptors (Lipinski definition) is 5. The zero-order chi connectivity index (χ0) is 31.3. The van der Waals surface area contributed by atoms with Gasteiger partial charge < -0.3 is 9.64 Å². The number of fused-ring (bicyclic) bond motifs is 1. The maximum Gasteiger partial charge on any atom is 0.422 e. The lowest BCUT2D eigenvalue weighted by molar-refractivity contribution is -0.153. The lowest BCUT2D eigenvalue weighted by Gasteiger charge is -2.24. The smallest absolute Gasteiger partial charge is 0.422 e. The van der Waals surface area contributed by atoms with Gasteiger partial charge in [-0.15, -0.1) is 0 Å². The van der Waals surface area contributed by atoms with Crippen LogP contribution in [-0.2, 0) is 24.2 Å². The van der Waals surface area contributed by atoms with Crippen LogP contribution in [-0.4, -0.2) is 44.7 Å². The van der Waals surface area contributed by atoms with Crippen LogP contribution in [0, 0.1) is 0 Å². The van der Waals surface area contributed by atoms with E-state index >= 15 is 0 Å². The first-order valence-corrected chi connectivity index (χ1v) is 14.2. The molecule has 44 heavy (non-hydrogen) atoms. The van der Waals surface area contributed by atoms with Gasteiger partial charge in [0.15, 0.2) is 6.61 Å². The molecule has 0 aliphatic carbocycles. The quantitative estimate of drug-likeness (QED) is 0.167. The number of nitrogens with zero attached hydrogens (tertiary/aromatic N) is 4. The first kappa shape index (κ1) is 31.0. The van der Waals surface area contributed by atoms with Crippen molar-refractivity contribution in [2.24, 2.45) is 0 Å². The minimum atomic E-state index is -4.48. The summed E-state index contributed by atoms with van der Waals surface area (Å²) >= 11 is 12.2. The molecule has 0 atom stereocenters. The van der Waals surface area contributed by atoms with Gasteiger partial charge in [0.25, 0.3) is 5.56 Å². The molecule has 2 heterocycles. The number of alkyl halides is 3. The third-order valence-corrected chi connectivity index (χ3v) is 7.48. The predicted molar refractivity (Wildman–Crippen MR) is 162 cm³/mol. The summed E-state index contributed by atoms with van der Waals surface area (Å²) in [5.74, 6) is 0.189. The van der Waals surface area contributed by atoms with Crippen molar-refractivity contribution < 1.29 is 22.7 Å². The van der Waals surface area contributed by atoms with Gasteiger partial charge in [-0.25, -0.2) is 4.98 Å². The maximum atomic E-state index is 13.7. The molecule has 0 bridgehead atoms. The largest absolute Gasteiger partial charge is 0.484 e. The fraction of sp³-hybridized carbons (Fsp3) is 0.188. The molecule has 2 aromatic heterocycles. The molecule has 0 fully saturated rings. The van der Waals surface area contributed by atoms with Crippen LogP contribution in [0.15, 0.2) is 96.1 Å². The highest BCUT2D eigenvalue weighted by Gasteiger charge is 2.28. The molecule has 0 aliphatic rings. The summed E-state index contributed by atoms with van der Waals surface area (Å²) in [4.78, 5) is 37.8. The first-order chi connectivity index (χ1) is 21.1. The molecule has 5 aromatic rings. The lowest BCUT2D eigenvalue weighted by atomic mass is 10.1. The Labute approximate surface area is 260 Å². The molecule has 3 aromatic carbocycles. The fourth-order valence-corrected chi connectivity index (χ4v) is 4.96. The van der Waals surface area contributed by atoms with Crippen molar-refractivity contribution >= 4 is 40.0 Å². The summed E-state index contributed by atoms with van der Waals surface area (Å²) in [5, 5.41) is 1.10. The van der Waals surface area contributed by atoms with E-state index in [9.17, 15) is 22.8 Å². The van der Waals surface area contributed by atoms with Crippen molar-refractivity contribution in [3.05, 3.63) is 129 Å². The van der Waals surface area contributed by atoms with Crippen molar-refractivity contribution in [3.63, 3.8) is 0 Å². The van der Waals surface area contributed by atoms with Crippen LogP contribution in [0.3, 0.4) is 0 Å². The molecule has 0 saturated carbocycles. The van der Waals surface area contributed by atoms with E-state index in [1.807, 2.05) is 6.07 Å². The number of halogens is 5. The van der Waals surface area contributed by atoms with E-state index in [0.717, 1.165) is 5.56 Å². The maximum absolute atomic E-state index is 13.7. The van der Waals surface area contributed by atoms with Crippen LogP contribution in [0.2, 0.25) is 10.0 Å². The second-order valence-corrected chi connectivity index (χ2v) is 10.7. The SMILES string of the molecule is O=C(Cc1ccc(Cl)c(Cl)c1)N(CCc1nc2ccccc2c(=O)n1-c1ccc(OCC(F)(F)F)cc1)Cc1cccnc1. The molecular formula is C32H25Cl2F3N4O3. The van der Waals surface area contributed by atoms with Gasteiger partial charge >= 0.3 is 6.18 Å². The van der Waals surface area contributed by atoms with Crippen molar-refractivity contribution in [1.29, 1.82) is 0 Å². The number of hydrogen-bond donors (Lipinski definition) is 0. The zero-order valence-corrected chi connectivity index (χ0v) is 24.6. The second-order valence-electron chi connectivity index (χ2n) is 9.94. The Bertz CT molecular complexity index is 1830. The molecule has 226 valence electrons. The van der Waals surface area contributed by atoms with Crippen LogP contribution < -0.4 is 10.3 Å². The zero-order valence-electron chi connectivity index (χ0n) is 23.1. The fourth-order valence-electron chi connectivity index (χ4n) is 4.64. The Kier molecular flexibility index (Phi) is 9.51. The number of carbonyl (C=O) groups excluding carboxylic acids is 1. The van der Waals surface area contributed by atoms with Gasteiger partial charge in [-0.2, -0.15) is 13.2 Å². The van der Waals surface area contributed by atoms with Gasteiger partial charge in [0.1, 0.15) is 11.6 Å². The summed E-state index contributed by atoms with van der Waals surface area (Å²) < 4.78 is 44.1. The Balaban J connectivity index is 1.46. The summed E-state index contributed by atoms with van der Waals surface area (Å²) in [6.07, 6.45) is -0.910. The standard InChI is InChI=1S/C32H25Cl2F3N4O3/c33-26-12-7-21(16-27(26)34)17-30(42)40(19-22-4-3-14-38-18-22)15-13-29-39-28-6-2-1-5-25(28)31(43)41(29)23-8-10-24(11-9-23)44-20-32(35,36)37/h1-12,14,16,18H,13,15,17,19-20H2. The second kappa shape index (κ2) is 13.5.